The molecule has 4 nitrogen and oxygen atoms in total. The molecule has 0 amide bonds. The van der Waals surface area contributed by atoms with Gasteiger partial charge in [-0.05, 0) is 12.5 Å². The van der Waals surface area contributed by atoms with E-state index in [9.17, 15) is 0 Å². The summed E-state index contributed by atoms with van der Waals surface area (Å²) < 4.78 is 5.05. The number of ether oxygens (including phenoxy) is 1. The first-order valence-electron chi connectivity index (χ1n) is 5.47. The van der Waals surface area contributed by atoms with Crippen LogP contribution in [-0.2, 0) is 0 Å². The maximum absolute atomic E-state index is 5.05. The number of rotatable bonds is 4. The minimum absolute atomic E-state index is 0.191. The second-order valence-corrected chi connectivity index (χ2v) is 3.72. The van der Waals surface area contributed by atoms with E-state index in [1.807, 2.05) is 18.2 Å². The Labute approximate surface area is 101 Å². The number of hydrogen-bond acceptors (Lipinski definition) is 4. The van der Waals surface area contributed by atoms with E-state index in [2.05, 4.69) is 34.3 Å². The minimum Gasteiger partial charge on any atom is -0.481 e. The highest BCUT2D eigenvalue weighted by molar-refractivity contribution is 5.40. The summed E-state index contributed by atoms with van der Waals surface area (Å²) in [6.07, 6.45) is 1.48. The first kappa shape index (κ1) is 11.4. The van der Waals surface area contributed by atoms with Crippen molar-refractivity contribution in [3.05, 3.63) is 48.3 Å². The van der Waals surface area contributed by atoms with E-state index in [4.69, 9.17) is 4.74 Å². The third kappa shape index (κ3) is 2.93. The maximum atomic E-state index is 5.05. The van der Waals surface area contributed by atoms with Crippen LogP contribution in [0.1, 0.15) is 18.5 Å². The standard InChI is InChI=1S/C13H15N3O/c1-10(11-6-4-3-5-7-11)16-12-8-13(17-2)15-9-14-12/h3-10H,1-2H3,(H,14,15,16). The van der Waals surface area contributed by atoms with Crippen LogP contribution in [0.15, 0.2) is 42.7 Å². The van der Waals surface area contributed by atoms with Crippen LogP contribution in [0.4, 0.5) is 5.82 Å². The van der Waals surface area contributed by atoms with Gasteiger partial charge in [0.15, 0.2) is 0 Å². The number of benzene rings is 1. The molecule has 88 valence electrons. The van der Waals surface area contributed by atoms with Gasteiger partial charge in [-0.3, -0.25) is 0 Å². The van der Waals surface area contributed by atoms with Gasteiger partial charge in [-0.1, -0.05) is 30.3 Å². The molecule has 0 fully saturated rings. The molecule has 1 atom stereocenters. The first-order chi connectivity index (χ1) is 8.29. The fourth-order valence-electron chi connectivity index (χ4n) is 1.58. The molecule has 1 aromatic heterocycles. The van der Waals surface area contributed by atoms with Gasteiger partial charge in [-0.2, -0.15) is 0 Å². The predicted octanol–water partition coefficient (Wildman–Crippen LogP) is 2.66. The minimum atomic E-state index is 0.191. The molecule has 0 spiro atoms. The lowest BCUT2D eigenvalue weighted by molar-refractivity contribution is 0.397. The highest BCUT2D eigenvalue weighted by atomic mass is 16.5. The molecule has 1 heterocycles. The molecule has 0 saturated carbocycles. The average molecular weight is 229 g/mol. The molecule has 0 aliphatic rings. The summed E-state index contributed by atoms with van der Waals surface area (Å²) >= 11 is 0. The molecule has 17 heavy (non-hydrogen) atoms. The van der Waals surface area contributed by atoms with E-state index in [1.54, 1.807) is 13.2 Å². The third-order valence-corrected chi connectivity index (χ3v) is 2.52. The number of methoxy groups -OCH3 is 1. The maximum Gasteiger partial charge on any atom is 0.218 e. The van der Waals surface area contributed by atoms with Gasteiger partial charge < -0.3 is 10.1 Å². The van der Waals surface area contributed by atoms with E-state index >= 15 is 0 Å². The topological polar surface area (TPSA) is 47.0 Å². The number of nitrogens with one attached hydrogen (secondary N) is 1. The van der Waals surface area contributed by atoms with Crippen molar-refractivity contribution in [3.8, 4) is 5.88 Å². The van der Waals surface area contributed by atoms with Crippen LogP contribution in [0.25, 0.3) is 0 Å². The van der Waals surface area contributed by atoms with Crippen LogP contribution in [0.5, 0.6) is 5.88 Å². The van der Waals surface area contributed by atoms with Gasteiger partial charge in [0.2, 0.25) is 5.88 Å². The molecule has 0 aliphatic heterocycles. The second kappa shape index (κ2) is 5.30. The normalized spacial score (nSPS) is 11.9. The summed E-state index contributed by atoms with van der Waals surface area (Å²) in [5.74, 6) is 1.32. The summed E-state index contributed by atoms with van der Waals surface area (Å²) in [6, 6.07) is 12.2. The number of anilines is 1. The van der Waals surface area contributed by atoms with Gasteiger partial charge >= 0.3 is 0 Å². The van der Waals surface area contributed by atoms with Crippen molar-refractivity contribution in [1.29, 1.82) is 0 Å². The second-order valence-electron chi connectivity index (χ2n) is 3.72. The summed E-state index contributed by atoms with van der Waals surface area (Å²) in [4.78, 5) is 8.12. The molecule has 0 bridgehead atoms. The van der Waals surface area contributed by atoms with Crippen molar-refractivity contribution >= 4 is 5.82 Å². The van der Waals surface area contributed by atoms with E-state index in [0.717, 1.165) is 5.82 Å². The van der Waals surface area contributed by atoms with E-state index in [-0.39, 0.29) is 6.04 Å². The summed E-state index contributed by atoms with van der Waals surface area (Å²) in [6.45, 7) is 2.09. The molecule has 1 unspecified atom stereocenters. The lowest BCUT2D eigenvalue weighted by Crippen LogP contribution is -2.08. The van der Waals surface area contributed by atoms with Crippen molar-refractivity contribution in [1.82, 2.24) is 9.97 Å². The smallest absolute Gasteiger partial charge is 0.218 e. The Morgan fingerprint density at radius 3 is 2.65 bits per heavy atom. The molecule has 0 aliphatic carbocycles. The summed E-state index contributed by atoms with van der Waals surface area (Å²) in [5, 5.41) is 3.30. The Morgan fingerprint density at radius 2 is 1.94 bits per heavy atom. The molecule has 2 aromatic rings. The Hall–Kier alpha value is -2.10. The first-order valence-corrected chi connectivity index (χ1v) is 5.47. The predicted molar refractivity (Wildman–Crippen MR) is 67.1 cm³/mol. The largest absolute Gasteiger partial charge is 0.481 e. The van der Waals surface area contributed by atoms with Crippen molar-refractivity contribution in [2.45, 2.75) is 13.0 Å². The van der Waals surface area contributed by atoms with Gasteiger partial charge in [0.1, 0.15) is 12.1 Å². The Bertz CT molecular complexity index is 473. The van der Waals surface area contributed by atoms with Crippen LogP contribution < -0.4 is 10.1 Å². The lowest BCUT2D eigenvalue weighted by atomic mass is 10.1. The molecule has 0 saturated heterocycles. The van der Waals surface area contributed by atoms with Crippen molar-refractivity contribution < 1.29 is 4.74 Å². The van der Waals surface area contributed by atoms with E-state index in [0.29, 0.717) is 5.88 Å². The van der Waals surface area contributed by atoms with Gasteiger partial charge in [0, 0.05) is 12.1 Å². The molecule has 4 heteroatoms. The molecule has 2 rings (SSSR count). The highest BCUT2D eigenvalue weighted by Gasteiger charge is 2.06. The van der Waals surface area contributed by atoms with Crippen molar-refractivity contribution in [2.24, 2.45) is 0 Å². The molecule has 1 N–H and O–H groups in total. The fraction of sp³-hybridized carbons (Fsp3) is 0.231. The molecular weight excluding hydrogens is 214 g/mol. The van der Waals surface area contributed by atoms with Crippen LogP contribution >= 0.6 is 0 Å². The van der Waals surface area contributed by atoms with Gasteiger partial charge in [-0.15, -0.1) is 0 Å². The van der Waals surface area contributed by atoms with E-state index in [1.165, 1.54) is 11.9 Å². The molecule has 0 radical (unpaired) electrons. The fourth-order valence-corrected chi connectivity index (χ4v) is 1.58. The van der Waals surface area contributed by atoms with Crippen LogP contribution in [0.2, 0.25) is 0 Å². The zero-order valence-corrected chi connectivity index (χ0v) is 9.92. The van der Waals surface area contributed by atoms with Gasteiger partial charge in [-0.25, -0.2) is 9.97 Å². The third-order valence-electron chi connectivity index (χ3n) is 2.52. The van der Waals surface area contributed by atoms with E-state index < -0.39 is 0 Å². The monoisotopic (exact) mass is 229 g/mol. The van der Waals surface area contributed by atoms with Crippen LogP contribution in [0, 0.1) is 0 Å². The summed E-state index contributed by atoms with van der Waals surface area (Å²) in [7, 11) is 1.59. The zero-order valence-electron chi connectivity index (χ0n) is 9.92. The van der Waals surface area contributed by atoms with Gasteiger partial charge in [0.05, 0.1) is 7.11 Å². The molecule has 1 aromatic carbocycles. The van der Waals surface area contributed by atoms with Crippen molar-refractivity contribution in [3.63, 3.8) is 0 Å². The lowest BCUT2D eigenvalue weighted by Gasteiger charge is -2.14. The summed E-state index contributed by atoms with van der Waals surface area (Å²) in [5.41, 5.74) is 1.21. The Balaban J connectivity index is 2.10. The highest BCUT2D eigenvalue weighted by Crippen LogP contribution is 2.18. The van der Waals surface area contributed by atoms with Crippen LogP contribution in [0.3, 0.4) is 0 Å². The average Bonchev–Trinajstić information content (AvgIpc) is 2.40. The van der Waals surface area contributed by atoms with Gasteiger partial charge in [0.25, 0.3) is 0 Å². The van der Waals surface area contributed by atoms with Crippen molar-refractivity contribution in [2.75, 3.05) is 12.4 Å². The SMILES string of the molecule is COc1cc(NC(C)c2ccccc2)ncn1. The number of aromatic nitrogens is 2. The number of hydrogen-bond donors (Lipinski definition) is 1. The Kier molecular flexibility index (Phi) is 3.55. The Morgan fingerprint density at radius 1 is 1.18 bits per heavy atom. The quantitative estimate of drug-likeness (QED) is 0.875. The molecular formula is C13H15N3O. The zero-order chi connectivity index (χ0) is 12.1. The van der Waals surface area contributed by atoms with Crippen LogP contribution in [-0.4, -0.2) is 17.1 Å². The number of nitrogens with zero attached hydrogens (tertiary/aromatic N) is 2.